The van der Waals surface area contributed by atoms with Crippen molar-refractivity contribution in [3.05, 3.63) is 77.7 Å². The molecule has 1 aliphatic rings. The number of carbonyl (C=O) groups excluding carboxylic acids is 1. The fourth-order valence-corrected chi connectivity index (χ4v) is 3.30. The lowest BCUT2D eigenvalue weighted by molar-refractivity contribution is 0.0625. The molecule has 28 heavy (non-hydrogen) atoms. The van der Waals surface area contributed by atoms with Crippen molar-refractivity contribution in [3.63, 3.8) is 0 Å². The largest absolute Gasteiger partial charge is 0.457 e. The van der Waals surface area contributed by atoms with Crippen LogP contribution in [-0.4, -0.2) is 47.0 Å². The molecule has 6 nitrogen and oxygen atoms in total. The standard InChI is InChI=1S/C22H23N3O3/c1-17-15-19(23-28-17)16-24-11-13-25(14-12-24)22(26)18-7-9-21(10-8-18)27-20-5-3-2-4-6-20/h2-10,15H,11-14,16H2,1H3. The number of amides is 1. The van der Waals surface area contributed by atoms with E-state index in [1.54, 1.807) is 0 Å². The lowest BCUT2D eigenvalue weighted by Crippen LogP contribution is -2.48. The van der Waals surface area contributed by atoms with Crippen molar-refractivity contribution >= 4 is 5.91 Å². The highest BCUT2D eigenvalue weighted by Crippen LogP contribution is 2.22. The van der Waals surface area contributed by atoms with Crippen molar-refractivity contribution in [3.8, 4) is 11.5 Å². The van der Waals surface area contributed by atoms with Gasteiger partial charge in [-0.3, -0.25) is 9.69 Å². The van der Waals surface area contributed by atoms with E-state index in [2.05, 4.69) is 10.1 Å². The number of hydrogen-bond donors (Lipinski definition) is 0. The molecule has 0 unspecified atom stereocenters. The van der Waals surface area contributed by atoms with E-state index in [1.807, 2.05) is 72.5 Å². The number of carbonyl (C=O) groups is 1. The molecule has 0 atom stereocenters. The van der Waals surface area contributed by atoms with Crippen LogP contribution in [0.2, 0.25) is 0 Å². The molecule has 0 N–H and O–H groups in total. The Hall–Kier alpha value is -3.12. The Kier molecular flexibility index (Phi) is 5.39. The van der Waals surface area contributed by atoms with Gasteiger partial charge in [0, 0.05) is 44.4 Å². The number of hydrogen-bond acceptors (Lipinski definition) is 5. The molecule has 0 radical (unpaired) electrons. The lowest BCUT2D eigenvalue weighted by Gasteiger charge is -2.34. The van der Waals surface area contributed by atoms with E-state index in [4.69, 9.17) is 9.26 Å². The normalized spacial score (nSPS) is 14.8. The van der Waals surface area contributed by atoms with Gasteiger partial charge in [0.25, 0.3) is 5.91 Å². The van der Waals surface area contributed by atoms with Crippen LogP contribution in [0.4, 0.5) is 0 Å². The fourth-order valence-electron chi connectivity index (χ4n) is 3.30. The molecule has 144 valence electrons. The summed E-state index contributed by atoms with van der Waals surface area (Å²) in [5, 5.41) is 4.04. The van der Waals surface area contributed by atoms with Gasteiger partial charge < -0.3 is 14.2 Å². The van der Waals surface area contributed by atoms with Crippen LogP contribution in [0.25, 0.3) is 0 Å². The molecule has 1 fully saturated rings. The maximum absolute atomic E-state index is 12.8. The zero-order valence-corrected chi connectivity index (χ0v) is 15.9. The minimum Gasteiger partial charge on any atom is -0.457 e. The summed E-state index contributed by atoms with van der Waals surface area (Å²) in [6.07, 6.45) is 0. The van der Waals surface area contributed by atoms with Gasteiger partial charge in [-0.15, -0.1) is 0 Å². The minimum atomic E-state index is 0.0585. The average molecular weight is 377 g/mol. The topological polar surface area (TPSA) is 58.8 Å². The summed E-state index contributed by atoms with van der Waals surface area (Å²) in [4.78, 5) is 17.0. The number of ether oxygens (including phenoxy) is 1. The summed E-state index contributed by atoms with van der Waals surface area (Å²) in [6.45, 7) is 5.71. The Balaban J connectivity index is 1.31. The van der Waals surface area contributed by atoms with Crippen LogP contribution in [0.3, 0.4) is 0 Å². The van der Waals surface area contributed by atoms with Crippen molar-refractivity contribution in [2.45, 2.75) is 13.5 Å². The van der Waals surface area contributed by atoms with Crippen LogP contribution in [0.5, 0.6) is 11.5 Å². The smallest absolute Gasteiger partial charge is 0.253 e. The quantitative estimate of drug-likeness (QED) is 0.678. The molecule has 0 saturated carbocycles. The van der Waals surface area contributed by atoms with Crippen LogP contribution in [-0.2, 0) is 6.54 Å². The van der Waals surface area contributed by atoms with Gasteiger partial charge in [0.15, 0.2) is 0 Å². The van der Waals surface area contributed by atoms with Gasteiger partial charge in [-0.05, 0) is 43.3 Å². The van der Waals surface area contributed by atoms with Gasteiger partial charge in [-0.2, -0.15) is 0 Å². The number of piperazine rings is 1. The van der Waals surface area contributed by atoms with Crippen molar-refractivity contribution in [2.24, 2.45) is 0 Å². The van der Waals surface area contributed by atoms with Gasteiger partial charge >= 0.3 is 0 Å². The van der Waals surface area contributed by atoms with E-state index < -0.39 is 0 Å². The molecule has 2 aromatic carbocycles. The van der Waals surface area contributed by atoms with Crippen molar-refractivity contribution in [2.75, 3.05) is 26.2 Å². The van der Waals surface area contributed by atoms with Gasteiger partial charge in [0.1, 0.15) is 17.3 Å². The number of benzene rings is 2. The molecule has 2 heterocycles. The third-order valence-electron chi connectivity index (χ3n) is 4.80. The monoisotopic (exact) mass is 377 g/mol. The third-order valence-corrected chi connectivity index (χ3v) is 4.80. The molecule has 0 spiro atoms. The molecule has 1 aromatic heterocycles. The molecule has 0 bridgehead atoms. The molecule has 0 aliphatic carbocycles. The molecule has 6 heteroatoms. The first kappa shape index (κ1) is 18.3. The fraction of sp³-hybridized carbons (Fsp3) is 0.273. The number of rotatable bonds is 5. The highest BCUT2D eigenvalue weighted by atomic mass is 16.5. The van der Waals surface area contributed by atoms with Gasteiger partial charge in [-0.25, -0.2) is 0 Å². The average Bonchev–Trinajstić information content (AvgIpc) is 3.14. The summed E-state index contributed by atoms with van der Waals surface area (Å²) in [6, 6.07) is 18.9. The van der Waals surface area contributed by atoms with E-state index in [0.717, 1.165) is 42.6 Å². The number of para-hydroxylation sites is 1. The molecule has 3 aromatic rings. The predicted octanol–water partition coefficient (Wildman–Crippen LogP) is 3.73. The Labute approximate surface area is 164 Å². The molecule has 1 amide bonds. The summed E-state index contributed by atoms with van der Waals surface area (Å²) in [5.74, 6) is 2.38. The molecule has 1 saturated heterocycles. The second kappa shape index (κ2) is 8.27. The van der Waals surface area contributed by atoms with Gasteiger partial charge in [-0.1, -0.05) is 23.4 Å². The number of nitrogens with zero attached hydrogens (tertiary/aromatic N) is 3. The van der Waals surface area contributed by atoms with Crippen LogP contribution in [0.15, 0.2) is 65.2 Å². The first-order chi connectivity index (χ1) is 13.7. The highest BCUT2D eigenvalue weighted by Gasteiger charge is 2.22. The zero-order valence-electron chi connectivity index (χ0n) is 15.9. The van der Waals surface area contributed by atoms with Crippen molar-refractivity contribution in [1.29, 1.82) is 0 Å². The third kappa shape index (κ3) is 4.40. The molecule has 1 aliphatic heterocycles. The van der Waals surface area contributed by atoms with E-state index >= 15 is 0 Å². The van der Waals surface area contributed by atoms with Gasteiger partial charge in [0.05, 0.1) is 5.69 Å². The van der Waals surface area contributed by atoms with E-state index in [0.29, 0.717) is 18.7 Å². The van der Waals surface area contributed by atoms with Crippen LogP contribution < -0.4 is 4.74 Å². The van der Waals surface area contributed by atoms with Gasteiger partial charge in [0.2, 0.25) is 0 Å². The Morgan fingerprint density at radius 1 is 1.00 bits per heavy atom. The Bertz CT molecular complexity index is 914. The Morgan fingerprint density at radius 2 is 1.68 bits per heavy atom. The second-order valence-electron chi connectivity index (χ2n) is 6.94. The summed E-state index contributed by atoms with van der Waals surface area (Å²) >= 11 is 0. The van der Waals surface area contributed by atoms with Crippen molar-refractivity contribution < 1.29 is 14.1 Å². The van der Waals surface area contributed by atoms with Crippen LogP contribution >= 0.6 is 0 Å². The number of aryl methyl sites for hydroxylation is 1. The summed E-state index contributed by atoms with van der Waals surface area (Å²) < 4.78 is 10.9. The minimum absolute atomic E-state index is 0.0585. The maximum atomic E-state index is 12.8. The first-order valence-corrected chi connectivity index (χ1v) is 9.44. The molecule has 4 rings (SSSR count). The summed E-state index contributed by atoms with van der Waals surface area (Å²) in [5.41, 5.74) is 1.62. The lowest BCUT2D eigenvalue weighted by atomic mass is 10.1. The van der Waals surface area contributed by atoms with Crippen LogP contribution in [0, 0.1) is 6.92 Å². The predicted molar refractivity (Wildman–Crippen MR) is 105 cm³/mol. The second-order valence-corrected chi connectivity index (χ2v) is 6.94. The van der Waals surface area contributed by atoms with E-state index in [1.165, 1.54) is 0 Å². The highest BCUT2D eigenvalue weighted by molar-refractivity contribution is 5.94. The summed E-state index contributed by atoms with van der Waals surface area (Å²) in [7, 11) is 0. The van der Waals surface area contributed by atoms with E-state index in [-0.39, 0.29) is 5.91 Å². The SMILES string of the molecule is Cc1cc(CN2CCN(C(=O)c3ccc(Oc4ccccc4)cc3)CC2)no1. The van der Waals surface area contributed by atoms with E-state index in [9.17, 15) is 4.79 Å². The van der Waals surface area contributed by atoms with Crippen LogP contribution in [0.1, 0.15) is 21.8 Å². The Morgan fingerprint density at radius 3 is 2.32 bits per heavy atom. The maximum Gasteiger partial charge on any atom is 0.253 e. The molecular formula is C22H23N3O3. The first-order valence-electron chi connectivity index (χ1n) is 9.44. The zero-order chi connectivity index (χ0) is 19.3. The number of aromatic nitrogens is 1. The van der Waals surface area contributed by atoms with Crippen molar-refractivity contribution in [1.82, 2.24) is 15.0 Å². The molecular weight excluding hydrogens is 354 g/mol.